The molecule has 0 aromatic heterocycles. The Morgan fingerprint density at radius 1 is 1.12 bits per heavy atom. The van der Waals surface area contributed by atoms with Gasteiger partial charge in [0.25, 0.3) is 0 Å². The van der Waals surface area contributed by atoms with Gasteiger partial charge in [-0.05, 0) is 29.7 Å². The van der Waals surface area contributed by atoms with Gasteiger partial charge in [-0.3, -0.25) is 4.90 Å². The van der Waals surface area contributed by atoms with E-state index in [1.54, 1.807) is 12.1 Å². The second-order valence-electron chi connectivity index (χ2n) is 6.25. The van der Waals surface area contributed by atoms with Gasteiger partial charge in [-0.25, -0.2) is 0 Å². The molecule has 0 saturated carbocycles. The van der Waals surface area contributed by atoms with Crippen LogP contribution in [0.15, 0.2) is 54.6 Å². The van der Waals surface area contributed by atoms with Crippen LogP contribution >= 0.6 is 0 Å². The number of nitrogens with zero attached hydrogens (tertiary/aromatic N) is 1. The summed E-state index contributed by atoms with van der Waals surface area (Å²) in [6.45, 7) is 3.46. The largest absolute Gasteiger partial charge is 0.383 e. The van der Waals surface area contributed by atoms with E-state index in [9.17, 15) is 8.42 Å². The van der Waals surface area contributed by atoms with Crippen molar-refractivity contribution < 1.29 is 17.3 Å². The van der Waals surface area contributed by atoms with Crippen LogP contribution in [0.4, 0.5) is 0 Å². The van der Waals surface area contributed by atoms with Crippen molar-refractivity contribution in [1.29, 1.82) is 0 Å². The molecule has 1 fully saturated rings. The highest BCUT2D eigenvalue weighted by molar-refractivity contribution is 7.86. The SMILES string of the molecule is CS(=O)(=O)Oc1ccc([C@@H]2CN(CCc3ccccc3)CCO2)cc1. The van der Waals surface area contributed by atoms with Crippen LogP contribution in [0.1, 0.15) is 17.2 Å². The standard InChI is InChI=1S/C19H23NO4S/c1-25(21,22)24-18-9-7-17(8-10-18)19-15-20(13-14-23-19)12-11-16-5-3-2-4-6-16/h2-10,19H,11-15H2,1H3/t19-/m0/s1. The van der Waals surface area contributed by atoms with Gasteiger partial charge in [0.15, 0.2) is 0 Å². The summed E-state index contributed by atoms with van der Waals surface area (Å²) in [6, 6.07) is 17.5. The van der Waals surface area contributed by atoms with Crippen LogP contribution in [0.5, 0.6) is 5.75 Å². The van der Waals surface area contributed by atoms with Gasteiger partial charge in [0.05, 0.1) is 19.0 Å². The third-order valence-electron chi connectivity index (χ3n) is 4.21. The molecule has 1 aliphatic rings. The van der Waals surface area contributed by atoms with E-state index in [2.05, 4.69) is 29.2 Å². The highest BCUT2D eigenvalue weighted by Gasteiger charge is 2.21. The van der Waals surface area contributed by atoms with Crippen molar-refractivity contribution in [3.8, 4) is 5.75 Å². The van der Waals surface area contributed by atoms with Gasteiger partial charge < -0.3 is 8.92 Å². The molecule has 2 aromatic rings. The molecule has 0 amide bonds. The number of morpholine rings is 1. The minimum atomic E-state index is -3.50. The fourth-order valence-corrected chi connectivity index (χ4v) is 3.41. The maximum absolute atomic E-state index is 11.2. The molecular weight excluding hydrogens is 338 g/mol. The number of benzene rings is 2. The predicted molar refractivity (Wildman–Crippen MR) is 97.2 cm³/mol. The minimum absolute atomic E-state index is 0.00296. The van der Waals surface area contributed by atoms with Gasteiger partial charge in [0.1, 0.15) is 5.75 Å². The Kier molecular flexibility index (Phi) is 5.73. The first-order chi connectivity index (χ1) is 12.0. The summed E-state index contributed by atoms with van der Waals surface area (Å²) in [7, 11) is -3.50. The van der Waals surface area contributed by atoms with Gasteiger partial charge in [0, 0.05) is 19.6 Å². The summed E-state index contributed by atoms with van der Waals surface area (Å²) in [6.07, 6.45) is 2.06. The molecule has 0 unspecified atom stereocenters. The average molecular weight is 361 g/mol. The Morgan fingerprint density at radius 2 is 1.84 bits per heavy atom. The second-order valence-corrected chi connectivity index (χ2v) is 7.83. The molecule has 0 spiro atoms. The highest BCUT2D eigenvalue weighted by Crippen LogP contribution is 2.25. The smallest absolute Gasteiger partial charge is 0.306 e. The molecule has 3 rings (SSSR count). The first kappa shape index (κ1) is 17.9. The Labute approximate surface area is 149 Å². The predicted octanol–water partition coefficient (Wildman–Crippen LogP) is 2.64. The lowest BCUT2D eigenvalue weighted by molar-refractivity contribution is -0.0295. The quantitative estimate of drug-likeness (QED) is 0.741. The maximum atomic E-state index is 11.2. The van der Waals surface area contributed by atoms with Crippen molar-refractivity contribution in [3.63, 3.8) is 0 Å². The van der Waals surface area contributed by atoms with E-state index in [1.807, 2.05) is 18.2 Å². The van der Waals surface area contributed by atoms with Crippen LogP contribution < -0.4 is 4.18 Å². The third-order valence-corrected chi connectivity index (χ3v) is 4.70. The van der Waals surface area contributed by atoms with Crippen molar-refractivity contribution in [2.24, 2.45) is 0 Å². The van der Waals surface area contributed by atoms with E-state index in [4.69, 9.17) is 8.92 Å². The molecule has 2 aromatic carbocycles. The Morgan fingerprint density at radius 3 is 2.52 bits per heavy atom. The van der Waals surface area contributed by atoms with Crippen LogP contribution in [0, 0.1) is 0 Å². The van der Waals surface area contributed by atoms with Gasteiger partial charge in [-0.1, -0.05) is 42.5 Å². The van der Waals surface area contributed by atoms with Gasteiger partial charge in [-0.15, -0.1) is 0 Å². The molecule has 5 nitrogen and oxygen atoms in total. The Bertz CT molecular complexity index is 775. The zero-order valence-corrected chi connectivity index (χ0v) is 15.1. The van der Waals surface area contributed by atoms with Crippen LogP contribution in [0.2, 0.25) is 0 Å². The summed E-state index contributed by atoms with van der Waals surface area (Å²) in [5.74, 6) is 0.322. The summed E-state index contributed by atoms with van der Waals surface area (Å²) in [5, 5.41) is 0. The lowest BCUT2D eigenvalue weighted by Gasteiger charge is -2.33. The van der Waals surface area contributed by atoms with Crippen molar-refractivity contribution >= 4 is 10.1 Å². The molecule has 1 saturated heterocycles. The summed E-state index contributed by atoms with van der Waals surface area (Å²) < 4.78 is 33.1. The molecule has 6 heteroatoms. The van der Waals surface area contributed by atoms with E-state index < -0.39 is 10.1 Å². The lowest BCUT2D eigenvalue weighted by Crippen LogP contribution is -2.39. The normalized spacial score (nSPS) is 18.8. The first-order valence-electron chi connectivity index (χ1n) is 8.37. The van der Waals surface area contributed by atoms with Crippen molar-refractivity contribution in [2.75, 3.05) is 32.5 Å². The van der Waals surface area contributed by atoms with Crippen molar-refractivity contribution in [1.82, 2.24) is 4.90 Å². The summed E-state index contributed by atoms with van der Waals surface area (Å²) in [5.41, 5.74) is 2.37. The molecule has 25 heavy (non-hydrogen) atoms. The van der Waals surface area contributed by atoms with E-state index in [0.717, 1.165) is 37.9 Å². The molecule has 0 N–H and O–H groups in total. The maximum Gasteiger partial charge on any atom is 0.306 e. The van der Waals surface area contributed by atoms with Crippen LogP contribution in [0.3, 0.4) is 0 Å². The fourth-order valence-electron chi connectivity index (χ4n) is 2.95. The van der Waals surface area contributed by atoms with Crippen LogP contribution in [0.25, 0.3) is 0 Å². The second kappa shape index (κ2) is 7.99. The Balaban J connectivity index is 1.57. The van der Waals surface area contributed by atoms with E-state index in [1.165, 1.54) is 5.56 Å². The zero-order chi connectivity index (χ0) is 17.7. The van der Waals surface area contributed by atoms with E-state index in [-0.39, 0.29) is 6.10 Å². The van der Waals surface area contributed by atoms with Crippen molar-refractivity contribution in [3.05, 3.63) is 65.7 Å². The van der Waals surface area contributed by atoms with Crippen molar-refractivity contribution in [2.45, 2.75) is 12.5 Å². The highest BCUT2D eigenvalue weighted by atomic mass is 32.2. The molecule has 1 heterocycles. The van der Waals surface area contributed by atoms with Gasteiger partial charge in [-0.2, -0.15) is 8.42 Å². The summed E-state index contributed by atoms with van der Waals surface area (Å²) in [4.78, 5) is 2.40. The van der Waals surface area contributed by atoms with Gasteiger partial charge >= 0.3 is 10.1 Å². The molecule has 0 bridgehead atoms. The van der Waals surface area contributed by atoms with Crippen LogP contribution in [-0.4, -0.2) is 45.8 Å². The fraction of sp³-hybridized carbons (Fsp3) is 0.368. The van der Waals surface area contributed by atoms with E-state index >= 15 is 0 Å². The summed E-state index contributed by atoms with van der Waals surface area (Å²) >= 11 is 0. The molecular formula is C19H23NO4S. The zero-order valence-electron chi connectivity index (χ0n) is 14.3. The molecule has 0 radical (unpaired) electrons. The molecule has 134 valence electrons. The number of hydrogen-bond donors (Lipinski definition) is 0. The number of rotatable bonds is 6. The van der Waals surface area contributed by atoms with E-state index in [0.29, 0.717) is 12.4 Å². The number of ether oxygens (including phenoxy) is 1. The molecule has 1 aliphatic heterocycles. The number of hydrogen-bond acceptors (Lipinski definition) is 5. The third kappa shape index (κ3) is 5.56. The Hall–Kier alpha value is -1.89. The first-order valence-corrected chi connectivity index (χ1v) is 10.2. The monoisotopic (exact) mass is 361 g/mol. The average Bonchev–Trinajstić information content (AvgIpc) is 2.60. The minimum Gasteiger partial charge on any atom is -0.383 e. The topological polar surface area (TPSA) is 55.8 Å². The molecule has 0 aliphatic carbocycles. The lowest BCUT2D eigenvalue weighted by atomic mass is 10.1. The van der Waals surface area contributed by atoms with Gasteiger partial charge in [0.2, 0.25) is 0 Å². The molecule has 1 atom stereocenters. The van der Waals surface area contributed by atoms with Crippen LogP contribution in [-0.2, 0) is 21.3 Å².